The van der Waals surface area contributed by atoms with E-state index in [1.807, 2.05) is 0 Å². The first-order chi connectivity index (χ1) is 6.19. The lowest BCUT2D eigenvalue weighted by Crippen LogP contribution is -2.59. The molecule has 13 heavy (non-hydrogen) atoms. The minimum Gasteiger partial charge on any atom is -0.303 e. The number of hydrazine groups is 1. The van der Waals surface area contributed by atoms with Crippen molar-refractivity contribution in [3.05, 3.63) is 0 Å². The third-order valence-corrected chi connectivity index (χ3v) is 3.02. The Morgan fingerprint density at radius 1 is 1.46 bits per heavy atom. The fourth-order valence-electron chi connectivity index (χ4n) is 1.98. The molecule has 0 aromatic rings. The van der Waals surface area contributed by atoms with E-state index in [-0.39, 0.29) is 0 Å². The minimum absolute atomic E-state index is 0.410. The lowest BCUT2D eigenvalue weighted by molar-refractivity contribution is 0.0866. The largest absolute Gasteiger partial charge is 0.303 e. The number of hydrogen-bond donors (Lipinski definition) is 2. The summed E-state index contributed by atoms with van der Waals surface area (Å²) in [6.45, 7) is 5.58. The first-order valence-corrected chi connectivity index (χ1v) is 5.04. The molecule has 0 aliphatic carbocycles. The summed E-state index contributed by atoms with van der Waals surface area (Å²) in [7, 11) is 4.35. The molecule has 0 aromatic heterocycles. The molecule has 1 aliphatic heterocycles. The van der Waals surface area contributed by atoms with Gasteiger partial charge >= 0.3 is 0 Å². The molecule has 2 unspecified atom stereocenters. The van der Waals surface area contributed by atoms with Crippen molar-refractivity contribution in [2.75, 3.05) is 33.7 Å². The van der Waals surface area contributed by atoms with Crippen molar-refractivity contribution in [3.8, 4) is 0 Å². The van der Waals surface area contributed by atoms with E-state index in [1.165, 1.54) is 0 Å². The van der Waals surface area contributed by atoms with E-state index in [2.05, 4.69) is 36.2 Å². The maximum absolute atomic E-state index is 5.53. The molecule has 1 heterocycles. The van der Waals surface area contributed by atoms with Crippen LogP contribution in [-0.4, -0.2) is 55.6 Å². The van der Waals surface area contributed by atoms with E-state index in [1.54, 1.807) is 0 Å². The highest BCUT2D eigenvalue weighted by atomic mass is 15.3. The van der Waals surface area contributed by atoms with E-state index in [9.17, 15) is 0 Å². The molecule has 1 aliphatic rings. The van der Waals surface area contributed by atoms with Crippen LogP contribution in [0.15, 0.2) is 0 Å². The first-order valence-electron chi connectivity index (χ1n) is 5.04. The molecule has 78 valence electrons. The highest BCUT2D eigenvalue weighted by Crippen LogP contribution is 2.11. The molecule has 0 amide bonds. The lowest BCUT2D eigenvalue weighted by atomic mass is 10.0. The van der Waals surface area contributed by atoms with Gasteiger partial charge in [-0.05, 0) is 20.5 Å². The third kappa shape index (κ3) is 2.64. The van der Waals surface area contributed by atoms with Crippen LogP contribution in [0.4, 0.5) is 0 Å². The average molecular weight is 186 g/mol. The Labute approximate surface area is 81.0 Å². The van der Waals surface area contributed by atoms with Gasteiger partial charge in [0.2, 0.25) is 0 Å². The average Bonchev–Trinajstić information content (AvgIpc) is 2.13. The van der Waals surface area contributed by atoms with Crippen LogP contribution in [0.1, 0.15) is 13.3 Å². The van der Waals surface area contributed by atoms with Crippen LogP contribution in [0, 0.1) is 0 Å². The zero-order valence-electron chi connectivity index (χ0n) is 8.95. The van der Waals surface area contributed by atoms with Crippen LogP contribution in [0.25, 0.3) is 0 Å². The van der Waals surface area contributed by atoms with Crippen LogP contribution in [-0.2, 0) is 0 Å². The molecule has 1 fully saturated rings. The standard InChI is InChI=1S/C9H22N4/c1-4-8(11-10)9-7-12(2)5-6-13(9)3/h8-9,11H,4-7,10H2,1-3H3. The monoisotopic (exact) mass is 186 g/mol. The molecule has 0 bridgehead atoms. The molecule has 4 nitrogen and oxygen atoms in total. The second-order valence-electron chi connectivity index (χ2n) is 3.99. The maximum atomic E-state index is 5.53. The Bertz CT molecular complexity index is 147. The summed E-state index contributed by atoms with van der Waals surface area (Å²) >= 11 is 0. The van der Waals surface area contributed by atoms with Crippen LogP contribution in [0.2, 0.25) is 0 Å². The highest BCUT2D eigenvalue weighted by Gasteiger charge is 2.27. The number of likely N-dealkylation sites (N-methyl/N-ethyl adjacent to an activating group) is 2. The van der Waals surface area contributed by atoms with Crippen molar-refractivity contribution in [2.24, 2.45) is 5.84 Å². The number of nitrogens with one attached hydrogen (secondary N) is 1. The van der Waals surface area contributed by atoms with Gasteiger partial charge in [0, 0.05) is 31.7 Å². The number of nitrogens with zero attached hydrogens (tertiary/aromatic N) is 2. The summed E-state index contributed by atoms with van der Waals surface area (Å²) in [5, 5.41) is 0. The summed E-state index contributed by atoms with van der Waals surface area (Å²) in [6.07, 6.45) is 1.08. The van der Waals surface area contributed by atoms with Gasteiger partial charge < -0.3 is 4.90 Å². The van der Waals surface area contributed by atoms with Crippen molar-refractivity contribution in [1.82, 2.24) is 15.2 Å². The zero-order chi connectivity index (χ0) is 9.84. The number of hydrogen-bond acceptors (Lipinski definition) is 4. The minimum atomic E-state index is 0.410. The zero-order valence-corrected chi connectivity index (χ0v) is 8.95. The van der Waals surface area contributed by atoms with Crippen molar-refractivity contribution in [2.45, 2.75) is 25.4 Å². The maximum Gasteiger partial charge on any atom is 0.0387 e. The molecular formula is C9H22N4. The van der Waals surface area contributed by atoms with Crippen LogP contribution in [0.3, 0.4) is 0 Å². The van der Waals surface area contributed by atoms with Gasteiger partial charge in [-0.1, -0.05) is 6.92 Å². The SMILES string of the molecule is CCC(NN)C1CN(C)CCN1C. The van der Waals surface area contributed by atoms with Crippen LogP contribution < -0.4 is 11.3 Å². The molecule has 4 heteroatoms. The van der Waals surface area contributed by atoms with Gasteiger partial charge in [0.05, 0.1) is 0 Å². The molecule has 3 N–H and O–H groups in total. The van der Waals surface area contributed by atoms with Gasteiger partial charge in [-0.15, -0.1) is 0 Å². The van der Waals surface area contributed by atoms with Gasteiger partial charge in [-0.25, -0.2) is 0 Å². The molecule has 0 aromatic carbocycles. The normalized spacial score (nSPS) is 29.1. The summed E-state index contributed by atoms with van der Waals surface area (Å²) in [4.78, 5) is 4.76. The molecule has 1 saturated heterocycles. The van der Waals surface area contributed by atoms with E-state index in [0.717, 1.165) is 26.1 Å². The Balaban J connectivity index is 2.53. The fourth-order valence-corrected chi connectivity index (χ4v) is 1.98. The van der Waals surface area contributed by atoms with Gasteiger partial charge in [0.1, 0.15) is 0 Å². The second-order valence-corrected chi connectivity index (χ2v) is 3.99. The van der Waals surface area contributed by atoms with Crippen molar-refractivity contribution in [1.29, 1.82) is 0 Å². The van der Waals surface area contributed by atoms with E-state index >= 15 is 0 Å². The quantitative estimate of drug-likeness (QED) is 0.459. The van der Waals surface area contributed by atoms with E-state index < -0.39 is 0 Å². The Morgan fingerprint density at radius 3 is 2.69 bits per heavy atom. The summed E-state index contributed by atoms with van der Waals surface area (Å²) < 4.78 is 0. The van der Waals surface area contributed by atoms with Gasteiger partial charge in [-0.2, -0.15) is 0 Å². The van der Waals surface area contributed by atoms with Crippen molar-refractivity contribution in [3.63, 3.8) is 0 Å². The van der Waals surface area contributed by atoms with Crippen molar-refractivity contribution < 1.29 is 0 Å². The second kappa shape index (κ2) is 4.91. The van der Waals surface area contributed by atoms with Crippen molar-refractivity contribution >= 4 is 0 Å². The number of nitrogens with two attached hydrogens (primary N) is 1. The predicted octanol–water partition coefficient (Wildman–Crippen LogP) is -0.526. The molecule has 0 spiro atoms. The third-order valence-electron chi connectivity index (χ3n) is 3.02. The van der Waals surface area contributed by atoms with Gasteiger partial charge in [0.15, 0.2) is 0 Å². The van der Waals surface area contributed by atoms with Crippen LogP contribution in [0.5, 0.6) is 0 Å². The first kappa shape index (κ1) is 10.9. The Morgan fingerprint density at radius 2 is 2.15 bits per heavy atom. The topological polar surface area (TPSA) is 44.5 Å². The Hall–Kier alpha value is -0.160. The number of piperazine rings is 1. The lowest BCUT2D eigenvalue weighted by Gasteiger charge is -2.41. The van der Waals surface area contributed by atoms with E-state index in [4.69, 9.17) is 5.84 Å². The Kier molecular flexibility index (Phi) is 4.12. The predicted molar refractivity (Wildman–Crippen MR) is 55.3 cm³/mol. The molecule has 0 saturated carbocycles. The summed E-state index contributed by atoms with van der Waals surface area (Å²) in [6, 6.07) is 0.960. The summed E-state index contributed by atoms with van der Waals surface area (Å²) in [5.74, 6) is 5.53. The summed E-state index contributed by atoms with van der Waals surface area (Å²) in [5.41, 5.74) is 2.90. The molecule has 0 radical (unpaired) electrons. The fraction of sp³-hybridized carbons (Fsp3) is 1.00. The van der Waals surface area contributed by atoms with E-state index in [0.29, 0.717) is 12.1 Å². The molecular weight excluding hydrogens is 164 g/mol. The highest BCUT2D eigenvalue weighted by molar-refractivity contribution is 4.86. The van der Waals surface area contributed by atoms with Crippen LogP contribution >= 0.6 is 0 Å². The van der Waals surface area contributed by atoms with Gasteiger partial charge in [0.25, 0.3) is 0 Å². The smallest absolute Gasteiger partial charge is 0.0387 e. The number of rotatable bonds is 3. The molecule has 1 rings (SSSR count). The molecule has 2 atom stereocenters. The van der Waals surface area contributed by atoms with Gasteiger partial charge in [-0.3, -0.25) is 16.2 Å².